The Balaban J connectivity index is 2.05. The molecule has 29 heavy (non-hydrogen) atoms. The molecule has 2 aromatic rings. The predicted octanol–water partition coefficient (Wildman–Crippen LogP) is 1.38. The van der Waals surface area contributed by atoms with E-state index in [0.717, 1.165) is 16.5 Å². The van der Waals surface area contributed by atoms with E-state index >= 15 is 0 Å². The van der Waals surface area contributed by atoms with Crippen LogP contribution in [0.3, 0.4) is 0 Å². The van der Waals surface area contributed by atoms with E-state index in [2.05, 4.69) is 20.9 Å². The van der Waals surface area contributed by atoms with E-state index < -0.39 is 36.0 Å². The maximum atomic E-state index is 12.6. The number of H-pyrrole nitrogens is 1. The Bertz CT molecular complexity index is 905. The molecule has 1 aromatic heterocycles. The van der Waals surface area contributed by atoms with Gasteiger partial charge in [-0.2, -0.15) is 0 Å². The van der Waals surface area contributed by atoms with E-state index in [9.17, 15) is 19.2 Å². The molecule has 2 atom stereocenters. The van der Waals surface area contributed by atoms with E-state index in [4.69, 9.17) is 4.74 Å². The Hall–Kier alpha value is -3.36. The van der Waals surface area contributed by atoms with E-state index in [1.165, 1.54) is 13.8 Å². The largest absolute Gasteiger partial charge is 0.451 e. The molecule has 0 aliphatic carbocycles. The minimum absolute atomic E-state index is 0.152. The number of urea groups is 1. The molecular formula is C20H26N4O5. The monoisotopic (exact) mass is 402 g/mol. The molecule has 9 nitrogen and oxygen atoms in total. The van der Waals surface area contributed by atoms with Gasteiger partial charge in [-0.25, -0.2) is 9.59 Å². The van der Waals surface area contributed by atoms with Crippen molar-refractivity contribution in [3.8, 4) is 0 Å². The fourth-order valence-electron chi connectivity index (χ4n) is 2.78. The summed E-state index contributed by atoms with van der Waals surface area (Å²) >= 11 is 0. The van der Waals surface area contributed by atoms with Crippen LogP contribution in [0.15, 0.2) is 30.5 Å². The highest BCUT2D eigenvalue weighted by atomic mass is 16.5. The van der Waals surface area contributed by atoms with E-state index in [0.29, 0.717) is 0 Å². The molecule has 9 heteroatoms. The first-order valence-corrected chi connectivity index (χ1v) is 9.31. The number of fused-ring (bicyclic) bond motifs is 1. The van der Waals surface area contributed by atoms with Gasteiger partial charge in [0.05, 0.1) is 0 Å². The van der Waals surface area contributed by atoms with Crippen molar-refractivity contribution in [2.75, 3.05) is 0 Å². The number of aromatic nitrogens is 1. The number of amides is 4. The van der Waals surface area contributed by atoms with Crippen molar-refractivity contribution in [3.05, 3.63) is 36.0 Å². The number of carbonyl (C=O) groups excluding carboxylic acids is 4. The zero-order valence-corrected chi connectivity index (χ0v) is 16.9. The fraction of sp³-hybridized carbons (Fsp3) is 0.400. The topological polar surface area (TPSA) is 129 Å². The van der Waals surface area contributed by atoms with Gasteiger partial charge >= 0.3 is 12.0 Å². The van der Waals surface area contributed by atoms with E-state index in [-0.39, 0.29) is 12.5 Å². The lowest BCUT2D eigenvalue weighted by atomic mass is 10.0. The summed E-state index contributed by atoms with van der Waals surface area (Å²) < 4.78 is 5.19. The number of hydrogen-bond acceptors (Lipinski definition) is 5. The number of aromatic amines is 1. The van der Waals surface area contributed by atoms with Crippen LogP contribution in [-0.2, 0) is 25.5 Å². The summed E-state index contributed by atoms with van der Waals surface area (Å²) in [6.45, 7) is 6.14. The van der Waals surface area contributed by atoms with Gasteiger partial charge in [-0.1, -0.05) is 18.2 Å². The lowest BCUT2D eigenvalue weighted by molar-refractivity contribution is -0.157. The number of nitrogens with one attached hydrogen (secondary N) is 4. The van der Waals surface area contributed by atoms with Gasteiger partial charge < -0.3 is 20.4 Å². The number of benzene rings is 1. The van der Waals surface area contributed by atoms with Gasteiger partial charge in [0.1, 0.15) is 6.04 Å². The Morgan fingerprint density at radius 1 is 1.07 bits per heavy atom. The Kier molecular flexibility index (Phi) is 7.35. The molecule has 0 unspecified atom stereocenters. The first-order valence-electron chi connectivity index (χ1n) is 9.31. The van der Waals surface area contributed by atoms with Crippen LogP contribution < -0.4 is 16.0 Å². The smallest absolute Gasteiger partial charge is 0.329 e. The van der Waals surface area contributed by atoms with Crippen LogP contribution in [0.2, 0.25) is 0 Å². The second-order valence-electron chi connectivity index (χ2n) is 7.01. The summed E-state index contributed by atoms with van der Waals surface area (Å²) in [6.07, 6.45) is 0.739. The highest BCUT2D eigenvalue weighted by Crippen LogP contribution is 2.19. The summed E-state index contributed by atoms with van der Waals surface area (Å²) in [7, 11) is 0. The molecule has 0 bridgehead atoms. The maximum absolute atomic E-state index is 12.6. The molecule has 0 saturated carbocycles. The van der Waals surface area contributed by atoms with Crippen molar-refractivity contribution in [3.63, 3.8) is 0 Å². The van der Waals surface area contributed by atoms with Gasteiger partial charge in [-0.3, -0.25) is 14.9 Å². The standard InChI is InChI=1S/C20H26N4O5/c1-11(2)22-20(28)24-18(26)12(3)29-19(27)17(23-13(4)25)9-14-10-21-16-8-6-5-7-15(14)16/h5-8,10-12,17,21H,9H2,1-4H3,(H,23,25)(H2,22,24,26,28)/t12-,17-/m0/s1. The third-order valence-corrected chi connectivity index (χ3v) is 4.08. The minimum Gasteiger partial charge on any atom is -0.451 e. The minimum atomic E-state index is -1.21. The average molecular weight is 402 g/mol. The van der Waals surface area contributed by atoms with Gasteiger partial charge in [-0.15, -0.1) is 0 Å². The summed E-state index contributed by atoms with van der Waals surface area (Å²) in [4.78, 5) is 51.0. The predicted molar refractivity (Wildman–Crippen MR) is 107 cm³/mol. The van der Waals surface area contributed by atoms with Crippen LogP contribution in [0.5, 0.6) is 0 Å². The number of rotatable bonds is 7. The number of imide groups is 1. The second kappa shape index (κ2) is 9.72. The summed E-state index contributed by atoms with van der Waals surface area (Å²) in [6, 6.07) is 5.76. The van der Waals surface area contributed by atoms with Gasteiger partial charge in [0.2, 0.25) is 5.91 Å². The molecule has 0 radical (unpaired) electrons. The van der Waals surface area contributed by atoms with Gasteiger partial charge in [0, 0.05) is 36.5 Å². The highest BCUT2D eigenvalue weighted by Gasteiger charge is 2.27. The van der Waals surface area contributed by atoms with Gasteiger partial charge in [0.25, 0.3) is 5.91 Å². The molecule has 4 amide bonds. The number of ether oxygens (including phenoxy) is 1. The fourth-order valence-corrected chi connectivity index (χ4v) is 2.78. The molecule has 0 spiro atoms. The molecule has 0 saturated heterocycles. The normalized spacial score (nSPS) is 12.9. The first-order chi connectivity index (χ1) is 13.7. The van der Waals surface area contributed by atoms with Crippen molar-refractivity contribution in [2.45, 2.75) is 52.3 Å². The van der Waals surface area contributed by atoms with Crippen molar-refractivity contribution in [1.82, 2.24) is 20.9 Å². The van der Waals surface area contributed by atoms with Crippen molar-refractivity contribution in [2.24, 2.45) is 0 Å². The van der Waals surface area contributed by atoms with Crippen LogP contribution in [0.4, 0.5) is 4.79 Å². The van der Waals surface area contributed by atoms with Crippen molar-refractivity contribution in [1.29, 1.82) is 0 Å². The molecule has 0 fully saturated rings. The van der Waals surface area contributed by atoms with Crippen LogP contribution >= 0.6 is 0 Å². The van der Waals surface area contributed by atoms with E-state index in [1.807, 2.05) is 24.3 Å². The third-order valence-electron chi connectivity index (χ3n) is 4.08. The number of hydrogen-bond donors (Lipinski definition) is 4. The molecule has 0 aliphatic heterocycles. The zero-order chi connectivity index (χ0) is 21.6. The Morgan fingerprint density at radius 2 is 1.76 bits per heavy atom. The average Bonchev–Trinajstić information content (AvgIpc) is 3.03. The van der Waals surface area contributed by atoms with E-state index in [1.54, 1.807) is 20.0 Å². The first kappa shape index (κ1) is 21.9. The molecule has 0 aliphatic rings. The molecule has 156 valence electrons. The summed E-state index contributed by atoms with van der Waals surface area (Å²) in [5.74, 6) is -1.93. The molecule has 1 heterocycles. The second-order valence-corrected chi connectivity index (χ2v) is 7.01. The van der Waals surface area contributed by atoms with Gasteiger partial charge in [0.15, 0.2) is 6.10 Å². The number of para-hydroxylation sites is 1. The Labute approximate surface area is 168 Å². The maximum Gasteiger partial charge on any atom is 0.329 e. The molecule has 2 rings (SSSR count). The third kappa shape index (κ3) is 6.34. The molecule has 4 N–H and O–H groups in total. The number of carbonyl (C=O) groups is 4. The van der Waals surface area contributed by atoms with Gasteiger partial charge in [-0.05, 0) is 32.4 Å². The summed E-state index contributed by atoms with van der Waals surface area (Å²) in [5.41, 5.74) is 1.73. The zero-order valence-electron chi connectivity index (χ0n) is 16.9. The summed E-state index contributed by atoms with van der Waals surface area (Å²) in [5, 5.41) is 8.09. The SMILES string of the molecule is CC(=O)N[C@@H](Cc1c[nH]c2ccccc12)C(=O)O[C@@H](C)C(=O)NC(=O)NC(C)C. The lowest BCUT2D eigenvalue weighted by Gasteiger charge is -2.20. The quantitative estimate of drug-likeness (QED) is 0.520. The molecular weight excluding hydrogens is 376 g/mol. The van der Waals surface area contributed by atoms with Crippen LogP contribution in [0.25, 0.3) is 10.9 Å². The van der Waals surface area contributed by atoms with Crippen LogP contribution in [0.1, 0.15) is 33.3 Å². The van der Waals surface area contributed by atoms with Crippen LogP contribution in [-0.4, -0.2) is 47.0 Å². The van der Waals surface area contributed by atoms with Crippen LogP contribution in [0, 0.1) is 0 Å². The molecule has 1 aromatic carbocycles. The highest BCUT2D eigenvalue weighted by molar-refractivity contribution is 5.97. The Morgan fingerprint density at radius 3 is 2.41 bits per heavy atom. The number of esters is 1. The lowest BCUT2D eigenvalue weighted by Crippen LogP contribution is -2.49. The van der Waals surface area contributed by atoms with Crippen molar-refractivity contribution < 1.29 is 23.9 Å². The van der Waals surface area contributed by atoms with Crippen molar-refractivity contribution >= 4 is 34.7 Å².